The average Bonchev–Trinajstić information content (AvgIpc) is 3.07. The molecule has 5 nitrogen and oxygen atoms in total. The second-order valence-electron chi connectivity index (χ2n) is 11.7. The maximum atomic E-state index is 12.9. The first-order chi connectivity index (χ1) is 16.1. The second kappa shape index (κ2) is 9.28. The Morgan fingerprint density at radius 3 is 2.41 bits per heavy atom. The summed E-state index contributed by atoms with van der Waals surface area (Å²) >= 11 is 0. The molecular weight excluding hydrogens is 428 g/mol. The van der Waals surface area contributed by atoms with Gasteiger partial charge in [-0.25, -0.2) is 0 Å². The molecule has 0 spiro atoms. The SMILES string of the molecule is CCCCCC(=O)OC1C=C2C=CC3C(CCC4(C)C3CCC4(OC(C)=O)C(C)=O)C2(C)CC1. The van der Waals surface area contributed by atoms with Crippen LogP contribution >= 0.6 is 0 Å². The van der Waals surface area contributed by atoms with E-state index in [0.29, 0.717) is 30.6 Å². The smallest absolute Gasteiger partial charge is 0.306 e. The minimum atomic E-state index is -0.997. The number of esters is 2. The topological polar surface area (TPSA) is 69.7 Å². The van der Waals surface area contributed by atoms with Crippen LogP contribution in [-0.2, 0) is 23.9 Å². The van der Waals surface area contributed by atoms with E-state index >= 15 is 0 Å². The molecule has 2 fully saturated rings. The molecule has 4 aliphatic carbocycles. The molecule has 0 bridgehead atoms. The van der Waals surface area contributed by atoms with E-state index in [1.807, 2.05) is 0 Å². The van der Waals surface area contributed by atoms with Crippen molar-refractivity contribution in [1.29, 1.82) is 0 Å². The number of allylic oxidation sites excluding steroid dienone is 3. The van der Waals surface area contributed by atoms with E-state index in [-0.39, 0.29) is 34.7 Å². The molecule has 5 heteroatoms. The number of hydrogen-bond donors (Lipinski definition) is 0. The van der Waals surface area contributed by atoms with Crippen LogP contribution in [0.25, 0.3) is 0 Å². The van der Waals surface area contributed by atoms with Crippen LogP contribution in [0, 0.1) is 28.6 Å². The van der Waals surface area contributed by atoms with E-state index in [0.717, 1.165) is 51.4 Å². The molecule has 4 rings (SSSR count). The highest BCUT2D eigenvalue weighted by Gasteiger charge is 2.67. The van der Waals surface area contributed by atoms with Crippen LogP contribution in [-0.4, -0.2) is 29.4 Å². The molecule has 0 N–H and O–H groups in total. The molecule has 0 heterocycles. The number of hydrogen-bond acceptors (Lipinski definition) is 5. The van der Waals surface area contributed by atoms with Crippen molar-refractivity contribution in [3.63, 3.8) is 0 Å². The lowest BCUT2D eigenvalue weighted by Crippen LogP contribution is -2.58. The molecule has 4 aliphatic rings. The number of fused-ring (bicyclic) bond motifs is 5. The molecule has 0 aromatic carbocycles. The zero-order valence-electron chi connectivity index (χ0n) is 21.7. The first-order valence-corrected chi connectivity index (χ1v) is 13.4. The number of rotatable bonds is 7. The Balaban J connectivity index is 1.56. The van der Waals surface area contributed by atoms with Crippen molar-refractivity contribution in [3.05, 3.63) is 23.8 Å². The van der Waals surface area contributed by atoms with Crippen molar-refractivity contribution in [2.75, 3.05) is 0 Å². The maximum Gasteiger partial charge on any atom is 0.306 e. The van der Waals surface area contributed by atoms with Crippen molar-refractivity contribution in [2.45, 2.75) is 111 Å². The summed E-state index contributed by atoms with van der Waals surface area (Å²) in [5, 5.41) is 0. The second-order valence-corrected chi connectivity index (χ2v) is 11.7. The van der Waals surface area contributed by atoms with Crippen molar-refractivity contribution < 1.29 is 23.9 Å². The highest BCUT2D eigenvalue weighted by atomic mass is 16.6. The van der Waals surface area contributed by atoms with E-state index in [2.05, 4.69) is 39.0 Å². The van der Waals surface area contributed by atoms with Crippen LogP contribution in [0.3, 0.4) is 0 Å². The number of carbonyl (C=O) groups excluding carboxylic acids is 3. The lowest BCUT2D eigenvalue weighted by atomic mass is 9.48. The van der Waals surface area contributed by atoms with Crippen molar-refractivity contribution in [1.82, 2.24) is 0 Å². The van der Waals surface area contributed by atoms with Crippen LogP contribution < -0.4 is 0 Å². The van der Waals surface area contributed by atoms with Gasteiger partial charge in [0.05, 0.1) is 0 Å². The molecule has 7 unspecified atom stereocenters. The number of unbranched alkanes of at least 4 members (excludes halogenated alkanes) is 2. The summed E-state index contributed by atoms with van der Waals surface area (Å²) in [5.74, 6) is 0.714. The predicted octanol–water partition coefficient (Wildman–Crippen LogP) is 6.11. The largest absolute Gasteiger partial charge is 0.458 e. The molecule has 34 heavy (non-hydrogen) atoms. The maximum absolute atomic E-state index is 12.9. The summed E-state index contributed by atoms with van der Waals surface area (Å²) in [7, 11) is 0. The van der Waals surface area contributed by atoms with E-state index in [9.17, 15) is 14.4 Å². The Morgan fingerprint density at radius 2 is 1.74 bits per heavy atom. The normalized spacial score (nSPS) is 40.4. The van der Waals surface area contributed by atoms with Gasteiger partial charge in [0.2, 0.25) is 0 Å². The fourth-order valence-corrected chi connectivity index (χ4v) is 8.03. The summed E-state index contributed by atoms with van der Waals surface area (Å²) < 4.78 is 11.7. The Kier molecular flexibility index (Phi) is 6.87. The fourth-order valence-electron chi connectivity index (χ4n) is 8.03. The van der Waals surface area contributed by atoms with Gasteiger partial charge in [0.25, 0.3) is 0 Å². The minimum absolute atomic E-state index is 0.0148. The van der Waals surface area contributed by atoms with Crippen molar-refractivity contribution >= 4 is 17.7 Å². The Hall–Kier alpha value is -1.91. The zero-order valence-corrected chi connectivity index (χ0v) is 21.7. The lowest BCUT2D eigenvalue weighted by molar-refractivity contribution is -0.185. The Labute approximate surface area is 204 Å². The van der Waals surface area contributed by atoms with Gasteiger partial charge in [0.15, 0.2) is 11.4 Å². The number of Topliss-reactive ketones (excluding diaryl/α,β-unsaturated/α-hetero) is 1. The van der Waals surface area contributed by atoms with Crippen LogP contribution in [0.2, 0.25) is 0 Å². The summed E-state index contributed by atoms with van der Waals surface area (Å²) in [6.45, 7) is 9.70. The standard InChI is InChI=1S/C29H42O5/c1-6-7-8-9-26(32)33-22-12-15-27(4)21(18-22)10-11-23-24(27)13-16-28(5)25(23)14-17-29(28,19(2)30)34-20(3)31/h10-11,18,22-25H,6-9,12-17H2,1-5H3. The van der Waals surface area contributed by atoms with Gasteiger partial charge < -0.3 is 9.47 Å². The Bertz CT molecular complexity index is 902. The third-order valence-corrected chi connectivity index (χ3v) is 9.90. The average molecular weight is 471 g/mol. The molecule has 0 aliphatic heterocycles. The summed E-state index contributed by atoms with van der Waals surface area (Å²) in [6, 6.07) is 0. The highest BCUT2D eigenvalue weighted by Crippen LogP contribution is 2.67. The van der Waals surface area contributed by atoms with E-state index in [1.165, 1.54) is 12.5 Å². The van der Waals surface area contributed by atoms with Crippen LogP contribution in [0.5, 0.6) is 0 Å². The molecule has 0 aromatic rings. The molecule has 7 atom stereocenters. The summed E-state index contributed by atoms with van der Waals surface area (Å²) in [5.41, 5.74) is 0.0158. The number of carbonyl (C=O) groups is 3. The first-order valence-electron chi connectivity index (χ1n) is 13.4. The summed E-state index contributed by atoms with van der Waals surface area (Å²) in [6.07, 6.45) is 15.5. The van der Waals surface area contributed by atoms with Crippen LogP contribution in [0.4, 0.5) is 0 Å². The third-order valence-electron chi connectivity index (χ3n) is 9.90. The van der Waals surface area contributed by atoms with Gasteiger partial charge in [-0.05, 0) is 86.7 Å². The van der Waals surface area contributed by atoms with E-state index in [4.69, 9.17) is 9.47 Å². The van der Waals surface area contributed by atoms with Crippen molar-refractivity contribution in [2.24, 2.45) is 28.6 Å². The molecule has 2 saturated carbocycles. The molecular formula is C29H42O5. The predicted molar refractivity (Wildman–Crippen MR) is 131 cm³/mol. The van der Waals surface area contributed by atoms with Gasteiger partial charge in [-0.15, -0.1) is 0 Å². The molecule has 0 aromatic heterocycles. The summed E-state index contributed by atoms with van der Waals surface area (Å²) in [4.78, 5) is 37.1. The van der Waals surface area contributed by atoms with Crippen molar-refractivity contribution in [3.8, 4) is 0 Å². The molecule has 0 saturated heterocycles. The lowest BCUT2D eigenvalue weighted by Gasteiger charge is -2.57. The van der Waals surface area contributed by atoms with Crippen LogP contribution in [0.1, 0.15) is 98.8 Å². The molecule has 0 amide bonds. The third kappa shape index (κ3) is 3.97. The van der Waals surface area contributed by atoms with Gasteiger partial charge in [-0.3, -0.25) is 14.4 Å². The molecule has 0 radical (unpaired) electrons. The van der Waals surface area contributed by atoms with Gasteiger partial charge in [0.1, 0.15) is 6.10 Å². The van der Waals surface area contributed by atoms with Gasteiger partial charge in [0, 0.05) is 18.8 Å². The van der Waals surface area contributed by atoms with Gasteiger partial charge in [-0.2, -0.15) is 0 Å². The quantitative estimate of drug-likeness (QED) is 0.332. The monoisotopic (exact) mass is 470 g/mol. The highest BCUT2D eigenvalue weighted by molar-refractivity contribution is 5.89. The minimum Gasteiger partial charge on any atom is -0.458 e. The number of ketones is 1. The Morgan fingerprint density at radius 1 is 1.00 bits per heavy atom. The van der Waals surface area contributed by atoms with Crippen LogP contribution in [0.15, 0.2) is 23.8 Å². The van der Waals surface area contributed by atoms with E-state index in [1.54, 1.807) is 6.92 Å². The molecule has 188 valence electrons. The fraction of sp³-hybridized carbons (Fsp3) is 0.759. The first kappa shape index (κ1) is 25.2. The number of ether oxygens (including phenoxy) is 2. The van der Waals surface area contributed by atoms with Gasteiger partial charge in [-0.1, -0.05) is 45.8 Å². The van der Waals surface area contributed by atoms with Gasteiger partial charge >= 0.3 is 11.9 Å². The van der Waals surface area contributed by atoms with E-state index < -0.39 is 5.60 Å². The zero-order chi connectivity index (χ0) is 24.7.